The van der Waals surface area contributed by atoms with E-state index in [4.69, 9.17) is 10.8 Å². The zero-order chi connectivity index (χ0) is 9.14. The number of nitrogens with two attached hydrogens (primary N) is 1. The maximum absolute atomic E-state index is 10.5. The van der Waals surface area contributed by atoms with Crippen molar-refractivity contribution >= 4 is 6.09 Å². The van der Waals surface area contributed by atoms with Crippen LogP contribution in [0.3, 0.4) is 0 Å². The van der Waals surface area contributed by atoms with E-state index in [9.17, 15) is 9.90 Å². The number of aliphatic hydroxyl groups excluding tert-OH is 1. The molecule has 5 heteroatoms. The van der Waals surface area contributed by atoms with Crippen molar-refractivity contribution in [3.05, 3.63) is 0 Å². The van der Waals surface area contributed by atoms with Gasteiger partial charge in [0, 0.05) is 12.6 Å². The summed E-state index contributed by atoms with van der Waals surface area (Å²) in [5.41, 5.74) is 5.57. The topological polar surface area (TPSA) is 86.8 Å². The minimum absolute atomic E-state index is 0.135. The minimum atomic E-state index is -0.983. The Balaban J connectivity index is 2.54. The number of amides is 1. The molecule has 0 saturated carbocycles. The molecule has 70 valence electrons. The molecule has 1 aliphatic heterocycles. The van der Waals surface area contributed by atoms with E-state index >= 15 is 0 Å². The smallest absolute Gasteiger partial charge is 0.407 e. The number of hydrogen-bond donors (Lipinski definition) is 3. The molecule has 0 aromatic heterocycles. The van der Waals surface area contributed by atoms with Crippen molar-refractivity contribution in [2.75, 3.05) is 13.1 Å². The van der Waals surface area contributed by atoms with Crippen molar-refractivity contribution in [2.24, 2.45) is 5.73 Å². The Bertz CT molecular complexity index is 174. The first-order valence-corrected chi connectivity index (χ1v) is 4.03. The van der Waals surface area contributed by atoms with E-state index in [1.165, 1.54) is 4.90 Å². The van der Waals surface area contributed by atoms with Crippen LogP contribution in [0.15, 0.2) is 0 Å². The van der Waals surface area contributed by atoms with Gasteiger partial charge in [-0.25, -0.2) is 4.79 Å². The van der Waals surface area contributed by atoms with Crippen molar-refractivity contribution in [3.63, 3.8) is 0 Å². The first-order valence-electron chi connectivity index (χ1n) is 4.03. The third-order valence-corrected chi connectivity index (χ3v) is 2.14. The summed E-state index contributed by atoms with van der Waals surface area (Å²) in [6.07, 6.45) is -0.290. The van der Waals surface area contributed by atoms with E-state index in [0.29, 0.717) is 13.0 Å². The van der Waals surface area contributed by atoms with Crippen molar-refractivity contribution < 1.29 is 15.0 Å². The lowest BCUT2D eigenvalue weighted by Crippen LogP contribution is -2.42. The Morgan fingerprint density at radius 1 is 1.58 bits per heavy atom. The monoisotopic (exact) mass is 174 g/mol. The van der Waals surface area contributed by atoms with Crippen LogP contribution in [-0.2, 0) is 0 Å². The number of β-amino-alcohol motifs (C(OH)–C–C–N with tert-alkyl or cyclic N) is 1. The second-order valence-corrected chi connectivity index (χ2v) is 3.10. The summed E-state index contributed by atoms with van der Waals surface area (Å²) < 4.78 is 0. The van der Waals surface area contributed by atoms with Gasteiger partial charge in [0.05, 0.1) is 12.6 Å². The molecule has 4 N–H and O–H groups in total. The van der Waals surface area contributed by atoms with Crippen molar-refractivity contribution in [1.82, 2.24) is 4.90 Å². The molecule has 5 nitrogen and oxygen atoms in total. The van der Waals surface area contributed by atoms with Crippen LogP contribution in [-0.4, -0.2) is 46.4 Å². The number of rotatable bonds is 0. The van der Waals surface area contributed by atoms with Gasteiger partial charge in [0.25, 0.3) is 0 Å². The Morgan fingerprint density at radius 2 is 2.25 bits per heavy atom. The van der Waals surface area contributed by atoms with Crippen LogP contribution in [0.4, 0.5) is 4.79 Å². The molecule has 0 aliphatic carbocycles. The first-order chi connectivity index (χ1) is 5.61. The second-order valence-electron chi connectivity index (χ2n) is 3.10. The Hall–Kier alpha value is -0.810. The fraction of sp³-hybridized carbons (Fsp3) is 0.857. The Labute approximate surface area is 70.8 Å². The zero-order valence-electron chi connectivity index (χ0n) is 6.81. The number of nitrogens with zero attached hydrogens (tertiary/aromatic N) is 1. The molecule has 1 rings (SSSR count). The van der Waals surface area contributed by atoms with Crippen LogP contribution < -0.4 is 5.73 Å². The van der Waals surface area contributed by atoms with Gasteiger partial charge < -0.3 is 20.8 Å². The van der Waals surface area contributed by atoms with Gasteiger partial charge in [-0.3, -0.25) is 0 Å². The molecule has 1 amide bonds. The average molecular weight is 174 g/mol. The molecule has 1 aliphatic rings. The number of carboxylic acid groups (broad SMARTS) is 1. The second kappa shape index (κ2) is 3.73. The maximum Gasteiger partial charge on any atom is 0.407 e. The molecule has 0 aromatic rings. The lowest BCUT2D eigenvalue weighted by molar-refractivity contribution is 0.0953. The van der Waals surface area contributed by atoms with Gasteiger partial charge in [0.1, 0.15) is 0 Å². The van der Waals surface area contributed by atoms with Gasteiger partial charge in [0.2, 0.25) is 0 Å². The van der Waals surface area contributed by atoms with E-state index in [2.05, 4.69) is 0 Å². The number of aliphatic hydroxyl groups is 1. The van der Waals surface area contributed by atoms with E-state index in [0.717, 1.165) is 6.42 Å². The number of hydrogen-bond acceptors (Lipinski definition) is 3. The average Bonchev–Trinajstić information content (AvgIpc) is 2.15. The van der Waals surface area contributed by atoms with Gasteiger partial charge in [-0.1, -0.05) is 0 Å². The molecule has 2 atom stereocenters. The van der Waals surface area contributed by atoms with Crippen LogP contribution >= 0.6 is 0 Å². The molecule has 0 bridgehead atoms. The summed E-state index contributed by atoms with van der Waals surface area (Å²) in [5, 5.41) is 18.0. The van der Waals surface area contributed by atoms with Gasteiger partial charge in [-0.05, 0) is 12.8 Å². The van der Waals surface area contributed by atoms with E-state index in [1.807, 2.05) is 0 Å². The third-order valence-electron chi connectivity index (χ3n) is 2.14. The van der Waals surface area contributed by atoms with Crippen molar-refractivity contribution in [1.29, 1.82) is 0 Å². The van der Waals surface area contributed by atoms with Crippen LogP contribution in [0.2, 0.25) is 0 Å². The summed E-state index contributed by atoms with van der Waals surface area (Å²) in [4.78, 5) is 11.7. The van der Waals surface area contributed by atoms with E-state index in [1.54, 1.807) is 0 Å². The molecule has 2 unspecified atom stereocenters. The summed E-state index contributed by atoms with van der Waals surface area (Å²) in [7, 11) is 0. The number of carbonyl (C=O) groups is 1. The summed E-state index contributed by atoms with van der Waals surface area (Å²) in [6.45, 7) is 0.608. The van der Waals surface area contributed by atoms with Crippen LogP contribution in [0.25, 0.3) is 0 Å². The Kier molecular flexibility index (Phi) is 2.88. The van der Waals surface area contributed by atoms with Gasteiger partial charge in [0.15, 0.2) is 0 Å². The quantitative estimate of drug-likeness (QED) is 0.460. The molecular formula is C7H14N2O3. The molecule has 12 heavy (non-hydrogen) atoms. The van der Waals surface area contributed by atoms with Gasteiger partial charge >= 0.3 is 6.09 Å². The lowest BCUT2D eigenvalue weighted by atomic mass is 10.1. The predicted molar refractivity (Wildman–Crippen MR) is 42.8 cm³/mol. The third kappa shape index (κ3) is 2.09. The lowest BCUT2D eigenvalue weighted by Gasteiger charge is -2.20. The molecule has 0 radical (unpaired) electrons. The fourth-order valence-corrected chi connectivity index (χ4v) is 1.34. The van der Waals surface area contributed by atoms with E-state index < -0.39 is 12.2 Å². The van der Waals surface area contributed by atoms with Crippen molar-refractivity contribution in [2.45, 2.75) is 25.0 Å². The van der Waals surface area contributed by atoms with Crippen LogP contribution in [0.1, 0.15) is 12.8 Å². The maximum atomic E-state index is 10.5. The highest BCUT2D eigenvalue weighted by atomic mass is 16.4. The SMILES string of the molecule is NC1CCCN(C(=O)O)CC1O. The molecule has 0 aromatic carbocycles. The predicted octanol–water partition coefficient (Wildman–Crippen LogP) is -0.552. The first kappa shape index (κ1) is 9.28. The normalized spacial score (nSPS) is 31.3. The Morgan fingerprint density at radius 3 is 2.83 bits per heavy atom. The molecule has 1 heterocycles. The standard InChI is InChI=1S/C7H14N2O3/c8-5-2-1-3-9(7(11)12)4-6(5)10/h5-6,10H,1-4,8H2,(H,11,12). The highest BCUT2D eigenvalue weighted by Crippen LogP contribution is 2.09. The van der Waals surface area contributed by atoms with Gasteiger partial charge in [-0.15, -0.1) is 0 Å². The molecule has 1 fully saturated rings. The molecular weight excluding hydrogens is 160 g/mol. The highest BCUT2D eigenvalue weighted by molar-refractivity contribution is 5.65. The van der Waals surface area contributed by atoms with Crippen LogP contribution in [0.5, 0.6) is 0 Å². The van der Waals surface area contributed by atoms with E-state index in [-0.39, 0.29) is 12.6 Å². The van der Waals surface area contributed by atoms with Gasteiger partial charge in [-0.2, -0.15) is 0 Å². The minimum Gasteiger partial charge on any atom is -0.465 e. The summed E-state index contributed by atoms with van der Waals surface area (Å²) >= 11 is 0. The largest absolute Gasteiger partial charge is 0.465 e. The number of likely N-dealkylation sites (tertiary alicyclic amines) is 1. The molecule has 1 saturated heterocycles. The fourth-order valence-electron chi connectivity index (χ4n) is 1.34. The highest BCUT2D eigenvalue weighted by Gasteiger charge is 2.24. The molecule has 0 spiro atoms. The summed E-state index contributed by atoms with van der Waals surface area (Å²) in [5.74, 6) is 0. The van der Waals surface area contributed by atoms with Crippen LogP contribution in [0, 0.1) is 0 Å². The zero-order valence-corrected chi connectivity index (χ0v) is 6.81. The summed E-state index contributed by atoms with van der Waals surface area (Å²) in [6, 6.07) is -0.283. The van der Waals surface area contributed by atoms with Crippen molar-refractivity contribution in [3.8, 4) is 0 Å².